The molecule has 0 aromatic carbocycles. The van der Waals surface area contributed by atoms with E-state index >= 15 is 0 Å². The van der Waals surface area contributed by atoms with Gasteiger partial charge in [-0.1, -0.05) is 0 Å². The minimum Gasteiger partial charge on any atom is -0.368 e. The second-order valence-corrected chi connectivity index (χ2v) is 6.26. The number of rotatable bonds is 4. The lowest BCUT2D eigenvalue weighted by molar-refractivity contribution is -0.121. The number of nitrogens with two attached hydrogens (primary N) is 2. The Bertz CT molecular complexity index is 570. The van der Waals surface area contributed by atoms with Crippen molar-refractivity contribution in [3.63, 3.8) is 0 Å². The Balaban J connectivity index is 2.33. The van der Waals surface area contributed by atoms with E-state index in [-0.39, 0.29) is 11.4 Å². The van der Waals surface area contributed by atoms with E-state index in [4.69, 9.17) is 11.5 Å². The molecule has 1 fully saturated rings. The van der Waals surface area contributed by atoms with Gasteiger partial charge in [0.25, 0.3) is 0 Å². The molecule has 0 saturated carbocycles. The second kappa shape index (κ2) is 5.24. The van der Waals surface area contributed by atoms with E-state index in [0.717, 1.165) is 4.31 Å². The number of carbonyl (C=O) groups excluding carboxylic acids is 1. The second-order valence-electron chi connectivity index (χ2n) is 4.37. The summed E-state index contributed by atoms with van der Waals surface area (Å²) in [4.78, 5) is 15.3. The molecule has 19 heavy (non-hydrogen) atoms. The highest BCUT2D eigenvalue weighted by molar-refractivity contribution is 7.89. The molecule has 1 aliphatic heterocycles. The first-order valence-electron chi connectivity index (χ1n) is 5.93. The van der Waals surface area contributed by atoms with Crippen molar-refractivity contribution in [2.75, 3.05) is 6.54 Å². The van der Waals surface area contributed by atoms with Crippen molar-refractivity contribution in [3.8, 4) is 0 Å². The molecule has 1 aromatic rings. The van der Waals surface area contributed by atoms with Gasteiger partial charge < -0.3 is 11.5 Å². The first-order chi connectivity index (χ1) is 8.96. The standard InChI is InChI=1S/C11H16N4O3S/c12-6-8-3-4-9(7-14-8)19(17,18)15-5-1-2-10(15)11(13)16/h3-4,7,10H,1-2,5-6,12H2,(H2,13,16). The third kappa shape index (κ3) is 2.60. The number of nitrogens with zero attached hydrogens (tertiary/aromatic N) is 2. The summed E-state index contributed by atoms with van der Waals surface area (Å²) in [6.45, 7) is 0.544. The Labute approximate surface area is 111 Å². The number of hydrogen-bond acceptors (Lipinski definition) is 5. The Hall–Kier alpha value is -1.51. The monoisotopic (exact) mass is 284 g/mol. The summed E-state index contributed by atoms with van der Waals surface area (Å²) >= 11 is 0. The van der Waals surface area contributed by atoms with Crippen LogP contribution in [0.4, 0.5) is 0 Å². The van der Waals surface area contributed by atoms with Crippen LogP contribution in [0.15, 0.2) is 23.2 Å². The highest BCUT2D eigenvalue weighted by atomic mass is 32.2. The lowest BCUT2D eigenvalue weighted by Gasteiger charge is -2.21. The summed E-state index contributed by atoms with van der Waals surface area (Å²) in [6.07, 6.45) is 2.35. The van der Waals surface area contributed by atoms with E-state index in [2.05, 4.69) is 4.98 Å². The van der Waals surface area contributed by atoms with Gasteiger partial charge in [-0.25, -0.2) is 8.42 Å². The van der Waals surface area contributed by atoms with Crippen LogP contribution < -0.4 is 11.5 Å². The molecule has 1 aliphatic rings. The van der Waals surface area contributed by atoms with Crippen molar-refractivity contribution in [3.05, 3.63) is 24.0 Å². The van der Waals surface area contributed by atoms with Gasteiger partial charge in [-0.3, -0.25) is 9.78 Å². The van der Waals surface area contributed by atoms with Gasteiger partial charge in [0.2, 0.25) is 15.9 Å². The van der Waals surface area contributed by atoms with E-state index in [1.807, 2.05) is 0 Å². The zero-order valence-corrected chi connectivity index (χ0v) is 11.1. The predicted molar refractivity (Wildman–Crippen MR) is 68.2 cm³/mol. The van der Waals surface area contributed by atoms with Crippen molar-refractivity contribution in [1.82, 2.24) is 9.29 Å². The normalized spacial score (nSPS) is 20.6. The molecule has 0 aliphatic carbocycles. The van der Waals surface area contributed by atoms with Gasteiger partial charge in [0, 0.05) is 19.3 Å². The van der Waals surface area contributed by atoms with Crippen molar-refractivity contribution in [2.45, 2.75) is 30.3 Å². The van der Waals surface area contributed by atoms with Crippen LogP contribution in [-0.2, 0) is 21.4 Å². The van der Waals surface area contributed by atoms with E-state index in [9.17, 15) is 13.2 Å². The van der Waals surface area contributed by atoms with Crippen molar-refractivity contribution in [1.29, 1.82) is 0 Å². The highest BCUT2D eigenvalue weighted by Gasteiger charge is 2.38. The molecule has 1 saturated heterocycles. The molecule has 1 unspecified atom stereocenters. The first-order valence-corrected chi connectivity index (χ1v) is 7.37. The number of amides is 1. The average Bonchev–Trinajstić information content (AvgIpc) is 2.89. The number of hydrogen-bond donors (Lipinski definition) is 2. The van der Waals surface area contributed by atoms with Crippen molar-refractivity contribution < 1.29 is 13.2 Å². The summed E-state index contributed by atoms with van der Waals surface area (Å²) in [5.41, 5.74) is 11.2. The molecule has 0 spiro atoms. The van der Waals surface area contributed by atoms with E-state index in [1.165, 1.54) is 12.3 Å². The van der Waals surface area contributed by atoms with Crippen LogP contribution in [0.5, 0.6) is 0 Å². The minimum absolute atomic E-state index is 0.0536. The summed E-state index contributed by atoms with van der Waals surface area (Å²) in [5, 5.41) is 0. The lowest BCUT2D eigenvalue weighted by Crippen LogP contribution is -2.43. The van der Waals surface area contributed by atoms with E-state index in [1.54, 1.807) is 6.07 Å². The molecule has 1 amide bonds. The maximum atomic E-state index is 12.4. The van der Waals surface area contributed by atoms with Gasteiger partial charge in [-0.2, -0.15) is 4.31 Å². The number of sulfonamides is 1. The summed E-state index contributed by atoms with van der Waals surface area (Å²) in [6, 6.07) is 2.24. The molecule has 1 aromatic heterocycles. The molecule has 0 radical (unpaired) electrons. The third-order valence-electron chi connectivity index (χ3n) is 3.15. The van der Waals surface area contributed by atoms with Gasteiger partial charge in [0.05, 0.1) is 5.69 Å². The molecule has 0 bridgehead atoms. The maximum Gasteiger partial charge on any atom is 0.245 e. The lowest BCUT2D eigenvalue weighted by atomic mass is 10.2. The molecule has 2 rings (SSSR count). The Kier molecular flexibility index (Phi) is 3.83. The molecule has 4 N–H and O–H groups in total. The van der Waals surface area contributed by atoms with Gasteiger partial charge in [-0.15, -0.1) is 0 Å². The third-order valence-corrected chi connectivity index (χ3v) is 5.04. The quantitative estimate of drug-likeness (QED) is 0.748. The smallest absolute Gasteiger partial charge is 0.245 e. The largest absolute Gasteiger partial charge is 0.368 e. The number of pyridine rings is 1. The predicted octanol–water partition coefficient (Wildman–Crippen LogP) is -0.821. The number of primary amides is 1. The first kappa shape index (κ1) is 13.9. The fourth-order valence-corrected chi connectivity index (χ4v) is 3.74. The zero-order chi connectivity index (χ0) is 14.0. The molecular formula is C11H16N4O3S. The fraction of sp³-hybridized carbons (Fsp3) is 0.455. The molecule has 7 nitrogen and oxygen atoms in total. The average molecular weight is 284 g/mol. The van der Waals surface area contributed by atoms with Gasteiger partial charge in [0.15, 0.2) is 0 Å². The Morgan fingerprint density at radius 2 is 2.21 bits per heavy atom. The van der Waals surface area contributed by atoms with Crippen LogP contribution in [0.25, 0.3) is 0 Å². The van der Waals surface area contributed by atoms with Crippen LogP contribution in [0, 0.1) is 0 Å². The van der Waals surface area contributed by atoms with Crippen LogP contribution in [0.3, 0.4) is 0 Å². The van der Waals surface area contributed by atoms with Crippen LogP contribution in [0.2, 0.25) is 0 Å². The van der Waals surface area contributed by atoms with Gasteiger partial charge in [0.1, 0.15) is 10.9 Å². The van der Waals surface area contributed by atoms with E-state index < -0.39 is 22.0 Å². The van der Waals surface area contributed by atoms with E-state index in [0.29, 0.717) is 25.1 Å². The number of carbonyl (C=O) groups is 1. The Morgan fingerprint density at radius 1 is 1.47 bits per heavy atom. The van der Waals surface area contributed by atoms with Crippen molar-refractivity contribution in [2.24, 2.45) is 11.5 Å². The maximum absolute atomic E-state index is 12.4. The fourth-order valence-electron chi connectivity index (χ4n) is 2.13. The summed E-state index contributed by atoms with van der Waals surface area (Å²) in [7, 11) is -3.73. The Morgan fingerprint density at radius 3 is 2.74 bits per heavy atom. The minimum atomic E-state index is -3.73. The van der Waals surface area contributed by atoms with Crippen LogP contribution >= 0.6 is 0 Å². The van der Waals surface area contributed by atoms with Crippen molar-refractivity contribution >= 4 is 15.9 Å². The summed E-state index contributed by atoms with van der Waals surface area (Å²) < 4.78 is 25.9. The molecule has 104 valence electrons. The summed E-state index contributed by atoms with van der Waals surface area (Å²) in [5.74, 6) is -0.618. The highest BCUT2D eigenvalue weighted by Crippen LogP contribution is 2.25. The zero-order valence-electron chi connectivity index (χ0n) is 10.3. The van der Waals surface area contributed by atoms with Crippen LogP contribution in [0.1, 0.15) is 18.5 Å². The topological polar surface area (TPSA) is 119 Å². The molecule has 1 atom stereocenters. The molecule has 8 heteroatoms. The molecular weight excluding hydrogens is 268 g/mol. The number of aromatic nitrogens is 1. The van der Waals surface area contributed by atoms with Gasteiger partial charge >= 0.3 is 0 Å². The van der Waals surface area contributed by atoms with Gasteiger partial charge in [-0.05, 0) is 25.0 Å². The molecule has 2 heterocycles. The SMILES string of the molecule is NCc1ccc(S(=O)(=O)N2CCCC2C(N)=O)cn1. The van der Waals surface area contributed by atoms with Crippen LogP contribution in [-0.4, -0.2) is 36.2 Å².